The summed E-state index contributed by atoms with van der Waals surface area (Å²) in [5.74, 6) is 0.237. The van der Waals surface area contributed by atoms with Gasteiger partial charge < -0.3 is 4.74 Å². The third kappa shape index (κ3) is 3.11. The minimum atomic E-state index is -0.154. The van der Waals surface area contributed by atoms with Crippen LogP contribution in [0.1, 0.15) is 53.3 Å². The van der Waals surface area contributed by atoms with Crippen LogP contribution >= 0.6 is 0 Å². The number of ether oxygens (including phenoxy) is 1. The van der Waals surface area contributed by atoms with Gasteiger partial charge >= 0.3 is 0 Å². The molecule has 0 aromatic heterocycles. The van der Waals surface area contributed by atoms with Crippen molar-refractivity contribution in [3.05, 3.63) is 41.5 Å². The molecular weight excluding hydrogens is 240 g/mol. The zero-order valence-electron chi connectivity index (χ0n) is 11.1. The van der Waals surface area contributed by atoms with Crippen molar-refractivity contribution in [2.75, 3.05) is 6.61 Å². The van der Waals surface area contributed by atoms with Crippen molar-refractivity contribution < 1.29 is 14.3 Å². The molecule has 0 radical (unpaired) electrons. The second-order valence-corrected chi connectivity index (χ2v) is 4.65. The molecule has 1 aromatic rings. The summed E-state index contributed by atoms with van der Waals surface area (Å²) in [7, 11) is 0. The summed E-state index contributed by atoms with van der Waals surface area (Å²) in [5.41, 5.74) is 0.851. The molecule has 3 heteroatoms. The van der Waals surface area contributed by atoms with Crippen molar-refractivity contribution in [1.29, 1.82) is 0 Å². The van der Waals surface area contributed by atoms with E-state index >= 15 is 0 Å². The molecule has 1 aliphatic carbocycles. The highest BCUT2D eigenvalue weighted by atomic mass is 16.5. The first-order valence-electron chi connectivity index (χ1n) is 6.76. The van der Waals surface area contributed by atoms with Gasteiger partial charge in [-0.15, -0.1) is 0 Å². The molecule has 0 unspecified atom stereocenters. The molecule has 0 N–H and O–H groups in total. The van der Waals surface area contributed by atoms with Gasteiger partial charge in [0, 0.05) is 5.56 Å². The Morgan fingerprint density at radius 1 is 1.00 bits per heavy atom. The van der Waals surface area contributed by atoms with Crippen molar-refractivity contribution in [2.45, 2.75) is 32.6 Å². The molecule has 1 aromatic carbocycles. The van der Waals surface area contributed by atoms with Gasteiger partial charge in [-0.25, -0.2) is 0 Å². The summed E-state index contributed by atoms with van der Waals surface area (Å²) in [6.45, 7) is 2.74. The van der Waals surface area contributed by atoms with Gasteiger partial charge in [0.2, 0.25) is 0 Å². The molecule has 2 rings (SSSR count). The van der Waals surface area contributed by atoms with Crippen LogP contribution in [0.2, 0.25) is 0 Å². The van der Waals surface area contributed by atoms with E-state index in [2.05, 4.69) is 6.92 Å². The lowest BCUT2D eigenvalue weighted by atomic mass is 9.94. The molecular formula is C16H18O3. The van der Waals surface area contributed by atoms with Gasteiger partial charge in [0.25, 0.3) is 0 Å². The Hall–Kier alpha value is -1.90. The zero-order chi connectivity index (χ0) is 13.7. The highest BCUT2D eigenvalue weighted by Gasteiger charge is 2.22. The second kappa shape index (κ2) is 6.32. The highest BCUT2D eigenvalue weighted by Crippen LogP contribution is 2.27. The van der Waals surface area contributed by atoms with E-state index in [0.29, 0.717) is 23.5 Å². The van der Waals surface area contributed by atoms with Crippen LogP contribution in [-0.4, -0.2) is 18.2 Å². The topological polar surface area (TPSA) is 43.4 Å². The third-order valence-electron chi connectivity index (χ3n) is 3.18. The van der Waals surface area contributed by atoms with Gasteiger partial charge in [0.15, 0.2) is 11.6 Å². The first kappa shape index (κ1) is 13.5. The van der Waals surface area contributed by atoms with Crippen molar-refractivity contribution in [1.82, 2.24) is 0 Å². The molecule has 0 saturated carbocycles. The minimum absolute atomic E-state index is 0.133. The average molecular weight is 258 g/mol. The maximum atomic E-state index is 11.9. The number of ketones is 2. The maximum absolute atomic E-state index is 11.9. The molecule has 0 aliphatic heterocycles. The second-order valence-electron chi connectivity index (χ2n) is 4.65. The third-order valence-corrected chi connectivity index (χ3v) is 3.18. The van der Waals surface area contributed by atoms with Crippen LogP contribution in [-0.2, 0) is 0 Å². The van der Waals surface area contributed by atoms with E-state index in [1.165, 1.54) is 25.0 Å². The number of fused-ring (bicyclic) bond motifs is 1. The van der Waals surface area contributed by atoms with Gasteiger partial charge in [0.05, 0.1) is 12.2 Å². The minimum Gasteiger partial charge on any atom is -0.493 e. The Kier molecular flexibility index (Phi) is 4.50. The normalized spacial score (nSPS) is 13.5. The van der Waals surface area contributed by atoms with Crippen molar-refractivity contribution in [3.8, 4) is 5.75 Å². The van der Waals surface area contributed by atoms with Crippen LogP contribution in [0.25, 0.3) is 0 Å². The lowest BCUT2D eigenvalue weighted by Gasteiger charge is -2.14. The summed E-state index contributed by atoms with van der Waals surface area (Å²) < 4.78 is 5.66. The monoisotopic (exact) mass is 258 g/mol. The van der Waals surface area contributed by atoms with E-state index in [-0.39, 0.29) is 11.6 Å². The number of hydrogen-bond acceptors (Lipinski definition) is 3. The molecule has 1 aliphatic rings. The number of carbonyl (C=O) groups excluding carboxylic acids is 2. The molecule has 100 valence electrons. The van der Waals surface area contributed by atoms with Gasteiger partial charge in [0.1, 0.15) is 5.75 Å². The average Bonchev–Trinajstić information content (AvgIpc) is 2.43. The molecule has 0 amide bonds. The SMILES string of the molecule is CCCCCCOc1cccc2c1C(=O)C=CC2=O. The predicted molar refractivity (Wildman–Crippen MR) is 73.9 cm³/mol. The maximum Gasteiger partial charge on any atom is 0.190 e. The smallest absolute Gasteiger partial charge is 0.190 e. The van der Waals surface area contributed by atoms with Crippen LogP contribution < -0.4 is 4.74 Å². The lowest BCUT2D eigenvalue weighted by Crippen LogP contribution is -2.13. The molecule has 0 bridgehead atoms. The van der Waals surface area contributed by atoms with Crippen LogP contribution in [0.3, 0.4) is 0 Å². The molecule has 3 nitrogen and oxygen atoms in total. The number of hydrogen-bond donors (Lipinski definition) is 0. The van der Waals surface area contributed by atoms with E-state index in [1.807, 2.05) is 0 Å². The first-order chi connectivity index (χ1) is 9.24. The Morgan fingerprint density at radius 2 is 1.79 bits per heavy atom. The Bertz CT molecular complexity index is 515. The van der Waals surface area contributed by atoms with Gasteiger partial charge in [-0.1, -0.05) is 38.3 Å². The van der Waals surface area contributed by atoms with Gasteiger partial charge in [-0.05, 0) is 24.6 Å². The molecule has 0 saturated heterocycles. The number of allylic oxidation sites excluding steroid dienone is 2. The fourth-order valence-corrected chi connectivity index (χ4v) is 2.15. The highest BCUT2D eigenvalue weighted by molar-refractivity contribution is 6.23. The van der Waals surface area contributed by atoms with Crippen LogP contribution in [0, 0.1) is 0 Å². The Labute approximate surface area is 113 Å². The molecule has 0 atom stereocenters. The number of carbonyl (C=O) groups is 2. The zero-order valence-corrected chi connectivity index (χ0v) is 11.1. The van der Waals surface area contributed by atoms with Crippen molar-refractivity contribution >= 4 is 11.6 Å². The Balaban J connectivity index is 2.09. The van der Waals surface area contributed by atoms with Gasteiger partial charge in [-0.3, -0.25) is 9.59 Å². The summed E-state index contributed by atoms with van der Waals surface area (Å²) in [5, 5.41) is 0. The standard InChI is InChI=1S/C16H18O3/c1-2-3-4-5-11-19-15-8-6-7-12-13(17)9-10-14(18)16(12)15/h6-10H,2-5,11H2,1H3. The first-order valence-corrected chi connectivity index (χ1v) is 6.76. The van der Waals surface area contributed by atoms with E-state index in [4.69, 9.17) is 4.74 Å². The number of unbranched alkanes of at least 4 members (excludes halogenated alkanes) is 3. The fraction of sp³-hybridized carbons (Fsp3) is 0.375. The quantitative estimate of drug-likeness (QED) is 0.732. The summed E-state index contributed by atoms with van der Waals surface area (Å²) in [4.78, 5) is 23.6. The lowest BCUT2D eigenvalue weighted by molar-refractivity contribution is 0.0990. The van der Waals surface area contributed by atoms with E-state index in [9.17, 15) is 9.59 Å². The van der Waals surface area contributed by atoms with Crippen LogP contribution in [0.4, 0.5) is 0 Å². The molecule has 0 fully saturated rings. The predicted octanol–water partition coefficient (Wildman–Crippen LogP) is 3.58. The van der Waals surface area contributed by atoms with E-state index < -0.39 is 0 Å². The fourth-order valence-electron chi connectivity index (χ4n) is 2.15. The summed E-state index contributed by atoms with van der Waals surface area (Å²) >= 11 is 0. The number of benzene rings is 1. The van der Waals surface area contributed by atoms with Crippen LogP contribution in [0.15, 0.2) is 30.4 Å². The van der Waals surface area contributed by atoms with Crippen LogP contribution in [0.5, 0.6) is 5.75 Å². The molecule has 0 heterocycles. The van der Waals surface area contributed by atoms with E-state index in [1.54, 1.807) is 18.2 Å². The Morgan fingerprint density at radius 3 is 2.58 bits per heavy atom. The largest absolute Gasteiger partial charge is 0.493 e. The molecule has 19 heavy (non-hydrogen) atoms. The molecule has 0 spiro atoms. The summed E-state index contributed by atoms with van der Waals surface area (Å²) in [6, 6.07) is 5.18. The van der Waals surface area contributed by atoms with Crippen molar-refractivity contribution in [2.24, 2.45) is 0 Å². The summed E-state index contributed by atoms with van der Waals surface area (Å²) in [6.07, 6.45) is 7.09. The van der Waals surface area contributed by atoms with Crippen molar-refractivity contribution in [3.63, 3.8) is 0 Å². The van der Waals surface area contributed by atoms with Gasteiger partial charge in [-0.2, -0.15) is 0 Å². The van der Waals surface area contributed by atoms with E-state index in [0.717, 1.165) is 12.8 Å². The number of rotatable bonds is 6.